The molecule has 0 spiro atoms. The normalized spacial score (nSPS) is 15.5. The van der Waals surface area contributed by atoms with Gasteiger partial charge in [0.2, 0.25) is 11.8 Å². The highest BCUT2D eigenvalue weighted by Crippen LogP contribution is 2.45. The fraction of sp³-hybridized carbons (Fsp3) is 0.182. The zero-order valence-electron chi connectivity index (χ0n) is 15.7. The molecule has 6 heteroatoms. The van der Waals surface area contributed by atoms with Crippen LogP contribution in [-0.4, -0.2) is 10.2 Å². The molecule has 3 aromatic rings. The average molecular weight is 372 g/mol. The number of nitrogens with one attached hydrogen (secondary N) is 1. The predicted octanol–water partition coefficient (Wildman–Crippen LogP) is 3.82. The number of fused-ring (bicyclic) bond motifs is 1. The van der Waals surface area contributed by atoms with Crippen LogP contribution in [0.1, 0.15) is 33.9 Å². The molecule has 1 aliphatic heterocycles. The van der Waals surface area contributed by atoms with E-state index in [-0.39, 0.29) is 5.88 Å². The van der Waals surface area contributed by atoms with E-state index in [4.69, 9.17) is 15.2 Å². The number of aromatic amines is 1. The van der Waals surface area contributed by atoms with E-state index in [1.807, 2.05) is 43.3 Å². The molecule has 2 heterocycles. The van der Waals surface area contributed by atoms with Crippen LogP contribution in [0.3, 0.4) is 0 Å². The first-order valence-corrected chi connectivity index (χ1v) is 8.98. The average Bonchev–Trinajstić information content (AvgIpc) is 3.07. The maximum atomic E-state index is 9.73. The minimum atomic E-state index is -0.401. The number of nitrogens with two attached hydrogens (primary N) is 1. The summed E-state index contributed by atoms with van der Waals surface area (Å²) in [4.78, 5) is 0. The summed E-state index contributed by atoms with van der Waals surface area (Å²) in [6.07, 6.45) is 0. The summed E-state index contributed by atoms with van der Waals surface area (Å²) in [5.41, 5.74) is 11.1. The van der Waals surface area contributed by atoms with Gasteiger partial charge < -0.3 is 15.2 Å². The Morgan fingerprint density at radius 1 is 1.18 bits per heavy atom. The number of aryl methyl sites for hydroxylation is 2. The third kappa shape index (κ3) is 3.08. The van der Waals surface area contributed by atoms with Gasteiger partial charge in [-0.25, -0.2) is 0 Å². The molecule has 0 fully saturated rings. The topological polar surface area (TPSA) is 96.9 Å². The third-order valence-corrected chi connectivity index (χ3v) is 4.87. The SMILES string of the molecule is Cc1ccc(COc2ccccc2C2C(C#N)=C(N)Oc3n[nH]c(C)c32)cc1. The first kappa shape index (κ1) is 17.7. The van der Waals surface area contributed by atoms with Crippen LogP contribution in [0, 0.1) is 25.2 Å². The van der Waals surface area contributed by atoms with E-state index in [9.17, 15) is 5.26 Å². The van der Waals surface area contributed by atoms with Crippen molar-refractivity contribution in [2.24, 2.45) is 5.73 Å². The largest absolute Gasteiger partial charge is 0.489 e. The number of ether oxygens (including phenoxy) is 2. The predicted molar refractivity (Wildman–Crippen MR) is 105 cm³/mol. The van der Waals surface area contributed by atoms with E-state index in [1.165, 1.54) is 5.56 Å². The molecule has 6 nitrogen and oxygen atoms in total. The van der Waals surface area contributed by atoms with Gasteiger partial charge in [0.15, 0.2) is 0 Å². The number of hydrogen-bond donors (Lipinski definition) is 2. The Morgan fingerprint density at radius 2 is 1.93 bits per heavy atom. The molecule has 0 radical (unpaired) electrons. The summed E-state index contributed by atoms with van der Waals surface area (Å²) in [5.74, 6) is 0.760. The minimum Gasteiger partial charge on any atom is -0.489 e. The second-order valence-electron chi connectivity index (χ2n) is 6.80. The van der Waals surface area contributed by atoms with Gasteiger partial charge >= 0.3 is 0 Å². The van der Waals surface area contributed by atoms with E-state index in [0.717, 1.165) is 22.4 Å². The minimum absolute atomic E-state index is 0.0693. The number of H-pyrrole nitrogens is 1. The fourth-order valence-corrected chi connectivity index (χ4v) is 3.41. The number of benzene rings is 2. The van der Waals surface area contributed by atoms with E-state index >= 15 is 0 Å². The van der Waals surface area contributed by atoms with Crippen LogP contribution in [0.2, 0.25) is 0 Å². The van der Waals surface area contributed by atoms with Crippen LogP contribution in [0.5, 0.6) is 11.6 Å². The molecular formula is C22H20N4O2. The van der Waals surface area contributed by atoms with Gasteiger partial charge in [-0.05, 0) is 25.5 Å². The lowest BCUT2D eigenvalue weighted by Gasteiger charge is -2.25. The van der Waals surface area contributed by atoms with Gasteiger partial charge in [-0.15, -0.1) is 5.10 Å². The lowest BCUT2D eigenvalue weighted by atomic mass is 9.83. The maximum absolute atomic E-state index is 9.73. The summed E-state index contributed by atoms with van der Waals surface area (Å²) in [6, 6.07) is 18.1. The number of nitrogens with zero attached hydrogens (tertiary/aromatic N) is 2. The number of nitriles is 1. The Morgan fingerprint density at radius 3 is 2.68 bits per heavy atom. The fourth-order valence-electron chi connectivity index (χ4n) is 3.41. The standard InChI is InChI=1S/C22H20N4O2/c1-13-7-9-15(10-8-13)12-27-18-6-4-3-5-16(18)20-17(11-23)21(24)28-22-19(20)14(2)25-26-22/h3-10,20H,12,24H2,1-2H3,(H,25,26). The first-order chi connectivity index (χ1) is 13.6. The third-order valence-electron chi connectivity index (χ3n) is 4.87. The van der Waals surface area contributed by atoms with Crippen molar-refractivity contribution in [2.45, 2.75) is 26.4 Å². The van der Waals surface area contributed by atoms with Crippen LogP contribution in [0.15, 0.2) is 60.0 Å². The summed E-state index contributed by atoms with van der Waals surface area (Å²) in [7, 11) is 0. The van der Waals surface area contributed by atoms with Gasteiger partial charge in [0.05, 0.1) is 5.92 Å². The Bertz CT molecular complexity index is 1090. The molecule has 0 saturated carbocycles. The molecule has 140 valence electrons. The van der Waals surface area contributed by atoms with Crippen LogP contribution >= 0.6 is 0 Å². The molecule has 0 amide bonds. The zero-order chi connectivity index (χ0) is 19.7. The molecule has 1 aliphatic rings. The highest BCUT2D eigenvalue weighted by Gasteiger charge is 2.35. The number of rotatable bonds is 4. The second kappa shape index (κ2) is 7.12. The molecule has 0 bridgehead atoms. The molecule has 0 saturated heterocycles. The first-order valence-electron chi connectivity index (χ1n) is 8.98. The van der Waals surface area contributed by atoms with Crippen molar-refractivity contribution in [1.82, 2.24) is 10.2 Å². The van der Waals surface area contributed by atoms with Gasteiger partial charge in [0.1, 0.15) is 24.0 Å². The van der Waals surface area contributed by atoms with Gasteiger partial charge in [-0.1, -0.05) is 48.0 Å². The summed E-state index contributed by atoms with van der Waals surface area (Å²) in [6.45, 7) is 4.38. The molecule has 1 atom stereocenters. The monoisotopic (exact) mass is 372 g/mol. The van der Waals surface area contributed by atoms with Crippen LogP contribution in [0.4, 0.5) is 0 Å². The lowest BCUT2D eigenvalue weighted by molar-refractivity contribution is 0.301. The van der Waals surface area contributed by atoms with Crippen LogP contribution in [0.25, 0.3) is 0 Å². The van der Waals surface area contributed by atoms with Crippen LogP contribution in [-0.2, 0) is 6.61 Å². The van der Waals surface area contributed by atoms with E-state index in [1.54, 1.807) is 0 Å². The van der Waals surface area contributed by atoms with Crippen molar-refractivity contribution < 1.29 is 9.47 Å². The lowest BCUT2D eigenvalue weighted by Crippen LogP contribution is -2.21. The summed E-state index contributed by atoms with van der Waals surface area (Å²) < 4.78 is 11.7. The Balaban J connectivity index is 1.74. The molecule has 1 aromatic heterocycles. The number of allylic oxidation sites excluding steroid dienone is 1. The zero-order valence-corrected chi connectivity index (χ0v) is 15.7. The van der Waals surface area contributed by atoms with Crippen molar-refractivity contribution in [3.8, 4) is 17.7 Å². The molecule has 0 aliphatic carbocycles. The summed E-state index contributed by atoms with van der Waals surface area (Å²) in [5, 5.41) is 16.8. The Kier molecular flexibility index (Phi) is 4.50. The number of hydrogen-bond acceptors (Lipinski definition) is 5. The Hall–Kier alpha value is -3.72. The van der Waals surface area contributed by atoms with Crippen molar-refractivity contribution >= 4 is 0 Å². The van der Waals surface area contributed by atoms with Crippen molar-refractivity contribution in [2.75, 3.05) is 0 Å². The van der Waals surface area contributed by atoms with E-state index < -0.39 is 5.92 Å². The number of aromatic nitrogens is 2. The molecule has 28 heavy (non-hydrogen) atoms. The van der Waals surface area contributed by atoms with Crippen LogP contribution < -0.4 is 15.2 Å². The van der Waals surface area contributed by atoms with Gasteiger partial charge in [0, 0.05) is 16.8 Å². The van der Waals surface area contributed by atoms with Gasteiger partial charge in [-0.3, -0.25) is 5.10 Å². The van der Waals surface area contributed by atoms with E-state index in [0.29, 0.717) is 23.8 Å². The molecular weight excluding hydrogens is 352 g/mol. The van der Waals surface area contributed by atoms with Crippen molar-refractivity contribution in [1.29, 1.82) is 5.26 Å². The van der Waals surface area contributed by atoms with Gasteiger partial charge in [-0.2, -0.15) is 5.26 Å². The Labute approximate surface area is 163 Å². The quantitative estimate of drug-likeness (QED) is 0.725. The highest BCUT2D eigenvalue weighted by molar-refractivity contribution is 5.57. The van der Waals surface area contributed by atoms with Gasteiger partial charge in [0.25, 0.3) is 0 Å². The highest BCUT2D eigenvalue weighted by atomic mass is 16.5. The number of para-hydroxylation sites is 1. The maximum Gasteiger partial charge on any atom is 0.244 e. The molecule has 4 rings (SSSR count). The summed E-state index contributed by atoms with van der Waals surface area (Å²) >= 11 is 0. The second-order valence-corrected chi connectivity index (χ2v) is 6.80. The molecule has 2 aromatic carbocycles. The molecule has 1 unspecified atom stereocenters. The van der Waals surface area contributed by atoms with Crippen molar-refractivity contribution in [3.05, 3.63) is 87.9 Å². The van der Waals surface area contributed by atoms with Crippen molar-refractivity contribution in [3.63, 3.8) is 0 Å². The molecule has 3 N–H and O–H groups in total. The smallest absolute Gasteiger partial charge is 0.244 e. The van der Waals surface area contributed by atoms with E-state index in [2.05, 4.69) is 35.3 Å².